The van der Waals surface area contributed by atoms with Crippen LogP contribution in [0.15, 0.2) is 33.5 Å². The number of hydrogen-bond donors (Lipinski definition) is 3. The van der Waals surface area contributed by atoms with Crippen molar-refractivity contribution in [3.05, 3.63) is 63.0 Å². The number of amides is 2. The van der Waals surface area contributed by atoms with Gasteiger partial charge < -0.3 is 20.4 Å². The zero-order valence-electron chi connectivity index (χ0n) is 16.4. The second-order valence-electron chi connectivity index (χ2n) is 7.23. The number of halogens is 1. The van der Waals surface area contributed by atoms with Gasteiger partial charge >= 0.3 is 5.63 Å². The molecule has 3 N–H and O–H groups in total. The smallest absolute Gasteiger partial charge is 0.349 e. The Hall–Kier alpha value is -3.00. The first-order valence-corrected chi connectivity index (χ1v) is 9.54. The van der Waals surface area contributed by atoms with Crippen molar-refractivity contribution in [1.29, 1.82) is 0 Å². The zero-order valence-corrected chi connectivity index (χ0v) is 16.4. The molecule has 0 saturated carbocycles. The van der Waals surface area contributed by atoms with E-state index in [0.717, 1.165) is 25.9 Å². The van der Waals surface area contributed by atoms with E-state index in [4.69, 9.17) is 4.42 Å². The molecule has 2 aromatic rings. The van der Waals surface area contributed by atoms with Crippen LogP contribution in [0.2, 0.25) is 0 Å². The summed E-state index contributed by atoms with van der Waals surface area (Å²) in [4.78, 5) is 36.9. The first-order valence-electron chi connectivity index (χ1n) is 9.54. The molecule has 1 unspecified atom stereocenters. The maximum Gasteiger partial charge on any atom is 0.349 e. The topological polar surface area (TPSA) is 100 Å². The highest BCUT2D eigenvalue weighted by Crippen LogP contribution is 2.23. The average molecular weight is 401 g/mol. The number of aryl methyl sites for hydroxylation is 2. The molecule has 2 heterocycles. The Morgan fingerprint density at radius 1 is 1.24 bits per heavy atom. The molecule has 2 amide bonds. The number of piperidine rings is 1. The Kier molecular flexibility index (Phi) is 6.43. The maximum atomic E-state index is 13.1. The van der Waals surface area contributed by atoms with Crippen LogP contribution < -0.4 is 21.6 Å². The summed E-state index contributed by atoms with van der Waals surface area (Å²) in [6, 6.07) is 5.70. The van der Waals surface area contributed by atoms with Gasteiger partial charge in [-0.2, -0.15) is 0 Å². The molecule has 1 aliphatic heterocycles. The summed E-state index contributed by atoms with van der Waals surface area (Å²) < 4.78 is 18.5. The molecule has 1 aromatic carbocycles. The normalized spacial score (nSPS) is 16.3. The third-order valence-corrected chi connectivity index (χ3v) is 4.97. The molecule has 0 radical (unpaired) electrons. The summed E-state index contributed by atoms with van der Waals surface area (Å²) in [5, 5.41) is 8.29. The van der Waals surface area contributed by atoms with Gasteiger partial charge in [-0.3, -0.25) is 9.59 Å². The second kappa shape index (κ2) is 9.00. The molecule has 8 heteroatoms. The summed E-state index contributed by atoms with van der Waals surface area (Å²) in [5.41, 5.74) is 0.705. The van der Waals surface area contributed by atoms with E-state index in [1.54, 1.807) is 19.9 Å². The van der Waals surface area contributed by atoms with Crippen LogP contribution in [0.3, 0.4) is 0 Å². The van der Waals surface area contributed by atoms with Crippen molar-refractivity contribution in [2.24, 2.45) is 0 Å². The lowest BCUT2D eigenvalue weighted by Gasteiger charge is -2.22. The predicted molar refractivity (Wildman–Crippen MR) is 107 cm³/mol. The van der Waals surface area contributed by atoms with Gasteiger partial charge in [0.15, 0.2) is 0 Å². The standard InChI is InChI=1S/C21H24FN3O4/c1-12-8-15(22)5-6-16(12)25-18(26)11-24-20(27)19-13(2)9-17(29-21(19)28)14-4-3-7-23-10-14/h5-6,8-9,14,23H,3-4,7,10-11H2,1-2H3,(H,24,27)(H,25,26). The van der Waals surface area contributed by atoms with Gasteiger partial charge in [0, 0.05) is 18.2 Å². The Labute approximate surface area is 167 Å². The van der Waals surface area contributed by atoms with E-state index in [2.05, 4.69) is 16.0 Å². The molecule has 3 rings (SSSR count). The largest absolute Gasteiger partial charge is 0.427 e. The van der Waals surface area contributed by atoms with E-state index in [1.807, 2.05) is 0 Å². The molecule has 1 atom stereocenters. The van der Waals surface area contributed by atoms with Crippen molar-refractivity contribution in [2.45, 2.75) is 32.6 Å². The quantitative estimate of drug-likeness (QED) is 0.713. The van der Waals surface area contributed by atoms with Crippen LogP contribution in [0, 0.1) is 19.7 Å². The van der Waals surface area contributed by atoms with Crippen molar-refractivity contribution in [3.8, 4) is 0 Å². The molecule has 1 aromatic heterocycles. The Morgan fingerprint density at radius 2 is 2.03 bits per heavy atom. The van der Waals surface area contributed by atoms with Gasteiger partial charge in [0.25, 0.3) is 5.91 Å². The minimum absolute atomic E-state index is 0.108. The van der Waals surface area contributed by atoms with Crippen molar-refractivity contribution >= 4 is 17.5 Å². The minimum atomic E-state index is -0.710. The van der Waals surface area contributed by atoms with Gasteiger partial charge in [0.2, 0.25) is 5.91 Å². The Morgan fingerprint density at radius 3 is 2.69 bits per heavy atom. The van der Waals surface area contributed by atoms with Crippen LogP contribution in [0.25, 0.3) is 0 Å². The number of nitrogens with one attached hydrogen (secondary N) is 3. The lowest BCUT2D eigenvalue weighted by Crippen LogP contribution is -2.36. The fourth-order valence-corrected chi connectivity index (χ4v) is 3.41. The highest BCUT2D eigenvalue weighted by atomic mass is 19.1. The number of rotatable bonds is 5. The highest BCUT2D eigenvalue weighted by molar-refractivity contribution is 6.00. The second-order valence-corrected chi connectivity index (χ2v) is 7.23. The Bertz CT molecular complexity index is 980. The summed E-state index contributed by atoms with van der Waals surface area (Å²) in [7, 11) is 0. The van der Waals surface area contributed by atoms with Crippen LogP contribution in [-0.2, 0) is 4.79 Å². The molecular formula is C21H24FN3O4. The fraction of sp³-hybridized carbons (Fsp3) is 0.381. The zero-order chi connectivity index (χ0) is 21.0. The van der Waals surface area contributed by atoms with Crippen LogP contribution in [0.5, 0.6) is 0 Å². The van der Waals surface area contributed by atoms with Crippen LogP contribution in [0.1, 0.15) is 46.0 Å². The number of carbonyl (C=O) groups is 2. The monoisotopic (exact) mass is 401 g/mol. The van der Waals surface area contributed by atoms with Gasteiger partial charge in [0.1, 0.15) is 17.1 Å². The third-order valence-electron chi connectivity index (χ3n) is 4.97. The maximum absolute atomic E-state index is 13.1. The van der Waals surface area contributed by atoms with Gasteiger partial charge in [-0.1, -0.05) is 0 Å². The molecule has 154 valence electrons. The van der Waals surface area contributed by atoms with Gasteiger partial charge in [-0.15, -0.1) is 0 Å². The summed E-state index contributed by atoms with van der Waals surface area (Å²) >= 11 is 0. The molecule has 0 bridgehead atoms. The average Bonchev–Trinajstić information content (AvgIpc) is 2.68. The van der Waals surface area contributed by atoms with Gasteiger partial charge in [-0.05, 0) is 68.6 Å². The number of carbonyl (C=O) groups excluding carboxylic acids is 2. The lowest BCUT2D eigenvalue weighted by atomic mass is 9.95. The van der Waals surface area contributed by atoms with E-state index >= 15 is 0 Å². The molecule has 1 fully saturated rings. The Balaban J connectivity index is 1.64. The molecule has 0 aliphatic carbocycles. The number of anilines is 1. The molecule has 7 nitrogen and oxygen atoms in total. The number of benzene rings is 1. The fourth-order valence-electron chi connectivity index (χ4n) is 3.41. The van der Waals surface area contributed by atoms with E-state index in [1.165, 1.54) is 18.2 Å². The van der Waals surface area contributed by atoms with Crippen molar-refractivity contribution < 1.29 is 18.4 Å². The van der Waals surface area contributed by atoms with E-state index in [9.17, 15) is 18.8 Å². The van der Waals surface area contributed by atoms with E-state index in [0.29, 0.717) is 22.6 Å². The van der Waals surface area contributed by atoms with Crippen LogP contribution in [0.4, 0.5) is 10.1 Å². The van der Waals surface area contributed by atoms with Crippen LogP contribution >= 0.6 is 0 Å². The van der Waals surface area contributed by atoms with Gasteiger partial charge in [-0.25, -0.2) is 9.18 Å². The summed E-state index contributed by atoms with van der Waals surface area (Å²) in [5.74, 6) is -0.878. The molecule has 29 heavy (non-hydrogen) atoms. The highest BCUT2D eigenvalue weighted by Gasteiger charge is 2.22. The van der Waals surface area contributed by atoms with Crippen LogP contribution in [-0.4, -0.2) is 31.4 Å². The summed E-state index contributed by atoms with van der Waals surface area (Å²) in [6.45, 7) is 4.68. The molecule has 1 saturated heterocycles. The predicted octanol–water partition coefficient (Wildman–Crippen LogP) is 2.23. The first kappa shape index (κ1) is 20.7. The number of hydrogen-bond acceptors (Lipinski definition) is 5. The minimum Gasteiger partial charge on any atom is -0.427 e. The lowest BCUT2D eigenvalue weighted by molar-refractivity contribution is -0.115. The molecule has 1 aliphatic rings. The van der Waals surface area contributed by atoms with Crippen molar-refractivity contribution in [1.82, 2.24) is 10.6 Å². The van der Waals surface area contributed by atoms with E-state index in [-0.39, 0.29) is 18.0 Å². The van der Waals surface area contributed by atoms with Crippen molar-refractivity contribution in [2.75, 3.05) is 25.0 Å². The SMILES string of the molecule is Cc1cc(F)ccc1NC(=O)CNC(=O)c1c(C)cc(C2CCCNC2)oc1=O. The molecule has 0 spiro atoms. The third kappa shape index (κ3) is 5.08. The van der Waals surface area contributed by atoms with Crippen molar-refractivity contribution in [3.63, 3.8) is 0 Å². The van der Waals surface area contributed by atoms with E-state index < -0.39 is 23.3 Å². The summed E-state index contributed by atoms with van der Waals surface area (Å²) in [6.07, 6.45) is 1.92. The van der Waals surface area contributed by atoms with Gasteiger partial charge in [0.05, 0.1) is 6.54 Å². The first-order chi connectivity index (χ1) is 13.8. The molecular weight excluding hydrogens is 377 g/mol.